The number of rotatable bonds is 51. The molecule has 0 aromatic carbocycles. The van der Waals surface area contributed by atoms with Crippen LogP contribution in [0.5, 0.6) is 0 Å². The highest BCUT2D eigenvalue weighted by Crippen LogP contribution is 2.43. The third-order valence-electron chi connectivity index (χ3n) is 11.8. The predicted octanol–water partition coefficient (Wildman–Crippen LogP) is 17.8. The maximum atomic E-state index is 12.8. The molecular weight excluding hydrogens is 918 g/mol. The van der Waals surface area contributed by atoms with Crippen molar-refractivity contribution in [3.05, 3.63) is 109 Å². The van der Waals surface area contributed by atoms with Crippen molar-refractivity contribution in [3.8, 4) is 0 Å². The van der Waals surface area contributed by atoms with Crippen molar-refractivity contribution in [1.82, 2.24) is 0 Å². The van der Waals surface area contributed by atoms with Gasteiger partial charge in [-0.2, -0.15) is 0 Å². The number of carbonyl (C=O) groups excluding carboxylic acids is 2. The monoisotopic (exact) mass is 1020 g/mol. The molecule has 0 saturated carbocycles. The van der Waals surface area contributed by atoms with Crippen LogP contribution < -0.4 is 0 Å². The molecule has 412 valence electrons. The van der Waals surface area contributed by atoms with Gasteiger partial charge in [0, 0.05) is 12.8 Å². The first-order valence-corrected chi connectivity index (χ1v) is 30.1. The van der Waals surface area contributed by atoms with Gasteiger partial charge in [-0.05, 0) is 83.5 Å². The number of unbranched alkanes of at least 4 members (excludes halogenated alkanes) is 19. The standard InChI is InChI=1S/C62H106NO8P/c1-6-8-10-12-14-16-17-18-19-20-21-22-23-24-25-26-27-28-29-30-31-32-33-34-35-36-37-38-39-40-41-42-43-44-45-47-49-51-53-55-62(65)71-60(59-70-72(66,67)69-57-56-63(3,4)5)58-68-61(64)54-52-50-48-46-15-13-11-9-7-2/h8,10,14,16,18-19,21-22,24-25,27-28,30-31,33-34,36-37,60H,6-7,9,11-13,15,17,20,23,26,29,32,35,38-59H2,1-5H3/p+1/b10-8-,16-14-,19-18-,22-21-,25-24-,28-27-,31-30-,34-33-,37-36-. The smallest absolute Gasteiger partial charge is 0.462 e. The summed E-state index contributed by atoms with van der Waals surface area (Å²) in [6.07, 6.45) is 73.2. The molecule has 0 aliphatic heterocycles. The molecule has 1 N–H and O–H groups in total. The molecule has 0 bridgehead atoms. The van der Waals surface area contributed by atoms with Gasteiger partial charge in [-0.3, -0.25) is 18.6 Å². The number of hydrogen-bond acceptors (Lipinski definition) is 7. The molecule has 0 fully saturated rings. The zero-order valence-electron chi connectivity index (χ0n) is 46.6. The molecule has 72 heavy (non-hydrogen) atoms. The van der Waals surface area contributed by atoms with Crippen LogP contribution >= 0.6 is 7.82 Å². The van der Waals surface area contributed by atoms with Crippen molar-refractivity contribution >= 4 is 19.8 Å². The van der Waals surface area contributed by atoms with E-state index < -0.39 is 26.5 Å². The van der Waals surface area contributed by atoms with Crippen molar-refractivity contribution in [3.63, 3.8) is 0 Å². The molecule has 0 aromatic heterocycles. The minimum atomic E-state index is -4.38. The van der Waals surface area contributed by atoms with Crippen LogP contribution in [0.4, 0.5) is 0 Å². The Morgan fingerprint density at radius 2 is 0.792 bits per heavy atom. The zero-order chi connectivity index (χ0) is 52.7. The minimum Gasteiger partial charge on any atom is -0.462 e. The molecule has 0 saturated heterocycles. The molecule has 0 amide bonds. The Morgan fingerprint density at radius 3 is 1.18 bits per heavy atom. The number of quaternary nitrogens is 1. The number of hydrogen-bond donors (Lipinski definition) is 1. The summed E-state index contributed by atoms with van der Waals surface area (Å²) in [5, 5.41) is 0. The number of esters is 2. The highest BCUT2D eigenvalue weighted by atomic mass is 31.2. The van der Waals surface area contributed by atoms with Crippen LogP contribution in [0.2, 0.25) is 0 Å². The second-order valence-corrected chi connectivity index (χ2v) is 21.4. The van der Waals surface area contributed by atoms with E-state index in [9.17, 15) is 19.0 Å². The van der Waals surface area contributed by atoms with Crippen LogP contribution in [0.15, 0.2) is 109 Å². The van der Waals surface area contributed by atoms with Gasteiger partial charge < -0.3 is 18.9 Å². The SMILES string of the molecule is CC/C=C\C/C=C\C/C=C\C/C=C\C/C=C\C/C=C\C/C=C\C/C=C\C/C=C\CCCCCCCCCCCCCC(=O)OC(COC(=O)CCCCCCCCCCC)COP(=O)(O)OCC[N+](C)(C)C. The third kappa shape index (κ3) is 56.0. The molecule has 0 aliphatic rings. The highest BCUT2D eigenvalue weighted by molar-refractivity contribution is 7.47. The van der Waals surface area contributed by atoms with Gasteiger partial charge in [0.15, 0.2) is 6.10 Å². The Kier molecular flexibility index (Phi) is 50.1. The molecule has 0 rings (SSSR count). The quantitative estimate of drug-likeness (QED) is 0.0211. The summed E-state index contributed by atoms with van der Waals surface area (Å²) in [7, 11) is 1.47. The third-order valence-corrected chi connectivity index (χ3v) is 12.8. The number of allylic oxidation sites excluding steroid dienone is 18. The second kappa shape index (κ2) is 52.5. The summed E-state index contributed by atoms with van der Waals surface area (Å²) in [4.78, 5) is 35.4. The van der Waals surface area contributed by atoms with Crippen molar-refractivity contribution in [2.24, 2.45) is 0 Å². The summed E-state index contributed by atoms with van der Waals surface area (Å²) < 4.78 is 34.4. The number of carbonyl (C=O) groups is 2. The summed E-state index contributed by atoms with van der Waals surface area (Å²) in [5.41, 5.74) is 0. The zero-order valence-corrected chi connectivity index (χ0v) is 47.5. The van der Waals surface area contributed by atoms with Crippen molar-refractivity contribution < 1.29 is 42.1 Å². The molecule has 0 heterocycles. The molecule has 2 unspecified atom stereocenters. The fourth-order valence-electron chi connectivity index (χ4n) is 7.42. The normalized spacial score (nSPS) is 14.1. The lowest BCUT2D eigenvalue weighted by Crippen LogP contribution is -2.37. The van der Waals surface area contributed by atoms with Crippen LogP contribution in [-0.2, 0) is 32.7 Å². The van der Waals surface area contributed by atoms with E-state index in [1.807, 2.05) is 21.1 Å². The molecule has 0 aliphatic carbocycles. The van der Waals surface area contributed by atoms with Crippen molar-refractivity contribution in [2.75, 3.05) is 47.5 Å². The van der Waals surface area contributed by atoms with E-state index >= 15 is 0 Å². The lowest BCUT2D eigenvalue weighted by molar-refractivity contribution is -0.870. The number of ether oxygens (including phenoxy) is 2. The van der Waals surface area contributed by atoms with E-state index in [-0.39, 0.29) is 32.0 Å². The molecule has 0 radical (unpaired) electrons. The van der Waals surface area contributed by atoms with E-state index in [4.69, 9.17) is 18.5 Å². The van der Waals surface area contributed by atoms with Crippen molar-refractivity contribution in [2.45, 2.75) is 225 Å². The summed E-state index contributed by atoms with van der Waals surface area (Å²) >= 11 is 0. The average molecular weight is 1030 g/mol. The fourth-order valence-corrected chi connectivity index (χ4v) is 8.16. The van der Waals surface area contributed by atoms with E-state index in [0.717, 1.165) is 103 Å². The molecule has 10 heteroatoms. The average Bonchev–Trinajstić information content (AvgIpc) is 3.34. The van der Waals surface area contributed by atoms with Crippen molar-refractivity contribution in [1.29, 1.82) is 0 Å². The molecule has 9 nitrogen and oxygen atoms in total. The van der Waals surface area contributed by atoms with Crippen LogP contribution in [0.1, 0.15) is 219 Å². The Hall–Kier alpha value is -3.33. The largest absolute Gasteiger partial charge is 0.472 e. The van der Waals surface area contributed by atoms with E-state index in [0.29, 0.717) is 17.4 Å². The highest BCUT2D eigenvalue weighted by Gasteiger charge is 2.27. The summed E-state index contributed by atoms with van der Waals surface area (Å²) in [6.45, 7) is 4.28. The Bertz CT molecular complexity index is 1580. The summed E-state index contributed by atoms with van der Waals surface area (Å²) in [6, 6.07) is 0. The van der Waals surface area contributed by atoms with Crippen LogP contribution in [0, 0.1) is 0 Å². The van der Waals surface area contributed by atoms with Crippen LogP contribution in [0.3, 0.4) is 0 Å². The predicted molar refractivity (Wildman–Crippen MR) is 307 cm³/mol. The van der Waals surface area contributed by atoms with Gasteiger partial charge in [-0.1, -0.05) is 232 Å². The lowest BCUT2D eigenvalue weighted by Gasteiger charge is -2.24. The van der Waals surface area contributed by atoms with E-state index in [2.05, 4.69) is 123 Å². The molecule has 0 spiro atoms. The first-order chi connectivity index (χ1) is 35.0. The number of nitrogens with zero attached hydrogens (tertiary/aromatic N) is 1. The summed E-state index contributed by atoms with van der Waals surface area (Å²) in [5.74, 6) is -0.807. The van der Waals surface area contributed by atoms with Gasteiger partial charge in [-0.15, -0.1) is 0 Å². The maximum Gasteiger partial charge on any atom is 0.472 e. The Labute approximate surface area is 442 Å². The van der Waals surface area contributed by atoms with Gasteiger partial charge in [0.1, 0.15) is 19.8 Å². The Balaban J connectivity index is 4.01. The fraction of sp³-hybridized carbons (Fsp3) is 0.677. The lowest BCUT2D eigenvalue weighted by atomic mass is 10.0. The maximum absolute atomic E-state index is 12.8. The molecule has 2 atom stereocenters. The van der Waals surface area contributed by atoms with Gasteiger partial charge in [-0.25, -0.2) is 4.57 Å². The van der Waals surface area contributed by atoms with Gasteiger partial charge >= 0.3 is 19.8 Å². The first-order valence-electron chi connectivity index (χ1n) is 28.6. The first kappa shape index (κ1) is 68.7. The van der Waals surface area contributed by atoms with Gasteiger partial charge in [0.2, 0.25) is 0 Å². The minimum absolute atomic E-state index is 0.0280. The van der Waals surface area contributed by atoms with Crippen LogP contribution in [-0.4, -0.2) is 74.9 Å². The molecular formula is C62H107NO8P+. The van der Waals surface area contributed by atoms with Gasteiger partial charge in [0.25, 0.3) is 0 Å². The van der Waals surface area contributed by atoms with Crippen LogP contribution in [0.25, 0.3) is 0 Å². The second-order valence-electron chi connectivity index (χ2n) is 19.9. The van der Waals surface area contributed by atoms with E-state index in [1.165, 1.54) is 83.5 Å². The number of likely N-dealkylation sites (N-methyl/N-ethyl adjacent to an activating group) is 1. The van der Waals surface area contributed by atoms with E-state index in [1.54, 1.807) is 0 Å². The number of phosphoric acid groups is 1. The molecule has 0 aromatic rings. The Morgan fingerprint density at radius 1 is 0.444 bits per heavy atom. The number of phosphoric ester groups is 1. The topological polar surface area (TPSA) is 108 Å². The van der Waals surface area contributed by atoms with Gasteiger partial charge in [0.05, 0.1) is 27.7 Å².